The Morgan fingerprint density at radius 3 is 2.12 bits per heavy atom. The van der Waals surface area contributed by atoms with Gasteiger partial charge in [-0.05, 0) is 62.1 Å². The third-order valence-electron chi connectivity index (χ3n) is 8.95. The first-order valence-corrected chi connectivity index (χ1v) is 18.0. The number of ether oxygens (including phenoxy) is 2. The smallest absolute Gasteiger partial charge is 0.264 e. The number of hydrogen-bond donors (Lipinski definition) is 1. The van der Waals surface area contributed by atoms with Crippen molar-refractivity contribution in [3.63, 3.8) is 0 Å². The van der Waals surface area contributed by atoms with E-state index < -0.39 is 28.5 Å². The molecule has 0 bridgehead atoms. The van der Waals surface area contributed by atoms with Crippen LogP contribution in [0.15, 0.2) is 102 Å². The minimum Gasteiger partial charge on any atom is -0.493 e. The maximum atomic E-state index is 14.8. The molecule has 0 spiro atoms. The second-order valence-corrected chi connectivity index (χ2v) is 14.4. The zero-order valence-corrected chi connectivity index (χ0v) is 29.4. The van der Waals surface area contributed by atoms with Gasteiger partial charge in [-0.3, -0.25) is 13.9 Å². The lowest BCUT2D eigenvalue weighted by molar-refractivity contribution is -0.140. The predicted octanol–water partition coefficient (Wildman–Crippen LogP) is 6.21. The average molecular weight is 684 g/mol. The van der Waals surface area contributed by atoms with Gasteiger partial charge in [0.1, 0.15) is 12.6 Å². The number of nitrogens with zero attached hydrogens (tertiary/aromatic N) is 2. The number of rotatable bonds is 14. The Morgan fingerprint density at radius 1 is 0.796 bits per heavy atom. The van der Waals surface area contributed by atoms with Gasteiger partial charge in [0.25, 0.3) is 10.0 Å². The molecule has 4 aromatic carbocycles. The standard InChI is InChI=1S/C39H45N3O6S/c1-28-17-19-33(20-18-28)42(49(45,46)34-21-22-36(47-3)37(25-34)48-4)27-38(43)41(26-31-14-10-11-29(2)23-31)35(24-30-12-6-5-7-13-30)39(44)40-32-15-8-9-16-32/h5-7,10-14,17-23,25,32,35H,8-9,15-16,24,26-27H2,1-4H3,(H,40,44). The largest absolute Gasteiger partial charge is 0.493 e. The van der Waals surface area contributed by atoms with Crippen molar-refractivity contribution in [2.75, 3.05) is 25.1 Å². The van der Waals surface area contributed by atoms with E-state index in [0.717, 1.165) is 52.2 Å². The molecule has 1 saturated carbocycles. The molecule has 9 nitrogen and oxygen atoms in total. The van der Waals surface area contributed by atoms with E-state index in [1.54, 1.807) is 24.3 Å². The molecule has 258 valence electrons. The third-order valence-corrected chi connectivity index (χ3v) is 10.7. The van der Waals surface area contributed by atoms with Gasteiger partial charge in [0.15, 0.2) is 11.5 Å². The fraction of sp³-hybridized carbons (Fsp3) is 0.333. The van der Waals surface area contributed by atoms with Crippen LogP contribution in [0.1, 0.15) is 47.9 Å². The van der Waals surface area contributed by atoms with E-state index in [4.69, 9.17) is 9.47 Å². The Morgan fingerprint density at radius 2 is 1.47 bits per heavy atom. The Labute approximate surface area is 289 Å². The van der Waals surface area contributed by atoms with Crippen molar-refractivity contribution in [3.8, 4) is 11.5 Å². The molecule has 1 aliphatic rings. The molecule has 1 aliphatic carbocycles. The Kier molecular flexibility index (Phi) is 11.6. The van der Waals surface area contributed by atoms with Gasteiger partial charge in [0.05, 0.1) is 24.8 Å². The summed E-state index contributed by atoms with van der Waals surface area (Å²) in [6.07, 6.45) is 4.13. The molecule has 0 aromatic heterocycles. The van der Waals surface area contributed by atoms with Gasteiger partial charge in [-0.25, -0.2) is 8.42 Å². The molecule has 0 saturated heterocycles. The first kappa shape index (κ1) is 35.5. The van der Waals surface area contributed by atoms with Crippen LogP contribution in [0.5, 0.6) is 11.5 Å². The third kappa shape index (κ3) is 8.80. The number of methoxy groups -OCH3 is 2. The number of hydrogen-bond acceptors (Lipinski definition) is 6. The normalized spacial score (nSPS) is 13.8. The number of aryl methyl sites for hydroxylation is 2. The van der Waals surface area contributed by atoms with Crippen LogP contribution in [-0.2, 0) is 32.6 Å². The number of sulfonamides is 1. The van der Waals surface area contributed by atoms with Crippen molar-refractivity contribution in [2.24, 2.45) is 0 Å². The minimum absolute atomic E-state index is 0.0381. The van der Waals surface area contributed by atoms with Gasteiger partial charge in [-0.15, -0.1) is 0 Å². The van der Waals surface area contributed by atoms with Crippen molar-refractivity contribution in [1.29, 1.82) is 0 Å². The van der Waals surface area contributed by atoms with E-state index in [2.05, 4.69) is 5.32 Å². The quantitative estimate of drug-likeness (QED) is 0.169. The highest BCUT2D eigenvalue weighted by atomic mass is 32.2. The summed E-state index contributed by atoms with van der Waals surface area (Å²) in [7, 11) is -1.40. The van der Waals surface area contributed by atoms with Gasteiger partial charge >= 0.3 is 0 Å². The molecule has 0 radical (unpaired) electrons. The second-order valence-electron chi connectivity index (χ2n) is 12.6. The SMILES string of the molecule is COc1ccc(S(=O)(=O)N(CC(=O)N(Cc2cccc(C)c2)C(Cc2ccccc2)C(=O)NC2CCCC2)c2ccc(C)cc2)cc1OC. The van der Waals surface area contributed by atoms with E-state index in [-0.39, 0.29) is 35.6 Å². The molecule has 49 heavy (non-hydrogen) atoms. The predicted molar refractivity (Wildman–Crippen MR) is 191 cm³/mol. The zero-order chi connectivity index (χ0) is 35.0. The molecule has 1 atom stereocenters. The molecule has 1 fully saturated rings. The molecule has 1 N–H and O–H groups in total. The van der Waals surface area contributed by atoms with E-state index in [1.165, 1.54) is 37.3 Å². The fourth-order valence-electron chi connectivity index (χ4n) is 6.27. The summed E-state index contributed by atoms with van der Waals surface area (Å²) in [4.78, 5) is 30.4. The van der Waals surface area contributed by atoms with Crippen LogP contribution in [0.2, 0.25) is 0 Å². The van der Waals surface area contributed by atoms with Crippen molar-refractivity contribution >= 4 is 27.5 Å². The maximum absolute atomic E-state index is 14.8. The summed E-state index contributed by atoms with van der Waals surface area (Å²) < 4.78 is 40.8. The van der Waals surface area contributed by atoms with Crippen molar-refractivity contribution in [1.82, 2.24) is 10.2 Å². The highest BCUT2D eigenvalue weighted by molar-refractivity contribution is 7.92. The van der Waals surface area contributed by atoms with Crippen LogP contribution in [0.3, 0.4) is 0 Å². The topological polar surface area (TPSA) is 105 Å². The number of anilines is 1. The Balaban J connectivity index is 1.58. The lowest BCUT2D eigenvalue weighted by Gasteiger charge is -2.34. The summed E-state index contributed by atoms with van der Waals surface area (Å²) in [6, 6.07) is 27.8. The fourth-order valence-corrected chi connectivity index (χ4v) is 7.70. The van der Waals surface area contributed by atoms with Crippen LogP contribution in [0.4, 0.5) is 5.69 Å². The first-order chi connectivity index (χ1) is 23.6. The van der Waals surface area contributed by atoms with Gasteiger partial charge in [-0.2, -0.15) is 0 Å². The van der Waals surface area contributed by atoms with Crippen molar-refractivity contribution < 1.29 is 27.5 Å². The summed E-state index contributed by atoms with van der Waals surface area (Å²) in [6.45, 7) is 3.46. The van der Waals surface area contributed by atoms with Crippen LogP contribution < -0.4 is 19.1 Å². The van der Waals surface area contributed by atoms with E-state index in [9.17, 15) is 18.0 Å². The maximum Gasteiger partial charge on any atom is 0.264 e. The highest BCUT2D eigenvalue weighted by Gasteiger charge is 2.36. The molecule has 2 amide bonds. The van der Waals surface area contributed by atoms with Gasteiger partial charge in [0, 0.05) is 25.1 Å². The summed E-state index contributed by atoms with van der Waals surface area (Å²) >= 11 is 0. The van der Waals surface area contributed by atoms with E-state index >= 15 is 0 Å². The van der Waals surface area contributed by atoms with Crippen LogP contribution in [0.25, 0.3) is 0 Å². The number of carbonyl (C=O) groups excluding carboxylic acids is 2. The van der Waals surface area contributed by atoms with E-state index in [0.29, 0.717) is 11.4 Å². The van der Waals surface area contributed by atoms with Crippen LogP contribution >= 0.6 is 0 Å². The van der Waals surface area contributed by atoms with Crippen molar-refractivity contribution in [3.05, 3.63) is 119 Å². The summed E-state index contributed by atoms with van der Waals surface area (Å²) in [5.41, 5.74) is 4.00. The summed E-state index contributed by atoms with van der Waals surface area (Å²) in [5, 5.41) is 3.21. The lowest BCUT2D eigenvalue weighted by Crippen LogP contribution is -2.54. The molecule has 5 rings (SSSR count). The monoisotopic (exact) mass is 683 g/mol. The summed E-state index contributed by atoms with van der Waals surface area (Å²) in [5.74, 6) is -0.137. The van der Waals surface area contributed by atoms with Gasteiger partial charge in [0.2, 0.25) is 11.8 Å². The number of nitrogens with one attached hydrogen (secondary N) is 1. The highest BCUT2D eigenvalue weighted by Crippen LogP contribution is 2.33. The number of benzene rings is 4. The lowest BCUT2D eigenvalue weighted by atomic mass is 10.0. The van der Waals surface area contributed by atoms with Crippen LogP contribution in [-0.4, -0.2) is 58.0 Å². The molecular formula is C39H45N3O6S. The van der Waals surface area contributed by atoms with Crippen molar-refractivity contribution in [2.45, 2.75) is 69.5 Å². The number of amides is 2. The molecular weight excluding hydrogens is 639 g/mol. The van der Waals surface area contributed by atoms with Crippen LogP contribution in [0, 0.1) is 13.8 Å². The van der Waals surface area contributed by atoms with Gasteiger partial charge < -0.3 is 19.7 Å². The van der Waals surface area contributed by atoms with Gasteiger partial charge in [-0.1, -0.05) is 90.7 Å². The molecule has 0 aliphatic heterocycles. The minimum atomic E-state index is -4.31. The molecule has 0 heterocycles. The average Bonchev–Trinajstić information content (AvgIpc) is 3.62. The van der Waals surface area contributed by atoms with E-state index in [1.807, 2.05) is 68.4 Å². The Bertz CT molecular complexity index is 1840. The Hall–Kier alpha value is -4.83. The number of carbonyl (C=O) groups is 2. The first-order valence-electron chi connectivity index (χ1n) is 16.6. The molecule has 4 aromatic rings. The second kappa shape index (κ2) is 16.0. The zero-order valence-electron chi connectivity index (χ0n) is 28.6. The molecule has 10 heteroatoms. The molecule has 1 unspecified atom stereocenters.